The van der Waals surface area contributed by atoms with Crippen molar-refractivity contribution >= 4 is 31.9 Å². The Morgan fingerprint density at radius 2 is 1.53 bits per heavy atom. The number of alkyl halides is 2. The van der Waals surface area contributed by atoms with E-state index in [9.17, 15) is 0 Å². The lowest BCUT2D eigenvalue weighted by Crippen LogP contribution is -2.26. The maximum absolute atomic E-state index is 5.78. The second-order valence-electron chi connectivity index (χ2n) is 4.19. The highest BCUT2D eigenvalue weighted by Gasteiger charge is 2.09. The number of ether oxygens (including phenoxy) is 3. The number of hydrogen-bond acceptors (Lipinski definition) is 3. The second-order valence-corrected chi connectivity index (χ2v) is 5.77. The fourth-order valence-corrected chi connectivity index (χ4v) is 2.18. The highest BCUT2D eigenvalue weighted by molar-refractivity contribution is 9.09. The van der Waals surface area contributed by atoms with Crippen LogP contribution in [0, 0.1) is 0 Å². The smallest absolute Gasteiger partial charge is 0.104 e. The topological polar surface area (TPSA) is 27.7 Å². The molecule has 0 heterocycles. The van der Waals surface area contributed by atoms with Crippen molar-refractivity contribution < 1.29 is 14.2 Å². The SMILES string of the molecule is C=CCOCC(COCCCCBr)OCCCCBr. The standard InChI is InChI=1S/C14H26Br2O3/c1-2-9-17-12-14(19-11-6-4-8-16)13-18-10-5-3-7-15/h2,14H,1,3-13H2. The van der Waals surface area contributed by atoms with E-state index in [1.54, 1.807) is 6.08 Å². The Bertz CT molecular complexity index is 192. The van der Waals surface area contributed by atoms with Gasteiger partial charge in [0.2, 0.25) is 0 Å². The van der Waals surface area contributed by atoms with Gasteiger partial charge in [0.15, 0.2) is 0 Å². The van der Waals surface area contributed by atoms with Crippen molar-refractivity contribution in [3.8, 4) is 0 Å². The molecule has 0 aromatic heterocycles. The molecule has 0 saturated carbocycles. The monoisotopic (exact) mass is 400 g/mol. The van der Waals surface area contributed by atoms with Gasteiger partial charge in [-0.1, -0.05) is 37.9 Å². The van der Waals surface area contributed by atoms with Crippen molar-refractivity contribution in [1.82, 2.24) is 0 Å². The highest BCUT2D eigenvalue weighted by Crippen LogP contribution is 2.02. The lowest BCUT2D eigenvalue weighted by molar-refractivity contribution is -0.0568. The molecule has 0 aromatic rings. The van der Waals surface area contributed by atoms with Crippen LogP contribution in [-0.2, 0) is 14.2 Å². The molecule has 5 heteroatoms. The summed E-state index contributed by atoms with van der Waals surface area (Å²) in [4.78, 5) is 0. The maximum atomic E-state index is 5.78. The van der Waals surface area contributed by atoms with Gasteiger partial charge in [-0.15, -0.1) is 6.58 Å². The third-order valence-electron chi connectivity index (χ3n) is 2.40. The van der Waals surface area contributed by atoms with Crippen LogP contribution in [0.2, 0.25) is 0 Å². The summed E-state index contributed by atoms with van der Waals surface area (Å²) in [6, 6.07) is 0. The van der Waals surface area contributed by atoms with E-state index < -0.39 is 0 Å². The predicted octanol–water partition coefficient (Wildman–Crippen LogP) is 3.94. The van der Waals surface area contributed by atoms with Crippen LogP contribution in [0.25, 0.3) is 0 Å². The quantitative estimate of drug-likeness (QED) is 0.236. The molecule has 0 saturated heterocycles. The molecule has 0 N–H and O–H groups in total. The summed E-state index contributed by atoms with van der Waals surface area (Å²) in [7, 11) is 0. The molecular weight excluding hydrogens is 376 g/mol. The van der Waals surface area contributed by atoms with Gasteiger partial charge < -0.3 is 14.2 Å². The molecule has 0 bridgehead atoms. The van der Waals surface area contributed by atoms with E-state index in [4.69, 9.17) is 14.2 Å². The molecule has 0 radical (unpaired) electrons. The summed E-state index contributed by atoms with van der Waals surface area (Å²) in [5.41, 5.74) is 0. The van der Waals surface area contributed by atoms with Crippen molar-refractivity contribution in [2.45, 2.75) is 31.8 Å². The lowest BCUT2D eigenvalue weighted by Gasteiger charge is -2.18. The first-order valence-corrected chi connectivity index (χ1v) is 9.09. The summed E-state index contributed by atoms with van der Waals surface area (Å²) in [6.45, 7) is 6.92. The largest absolute Gasteiger partial charge is 0.379 e. The van der Waals surface area contributed by atoms with Gasteiger partial charge in [-0.3, -0.25) is 0 Å². The van der Waals surface area contributed by atoms with Crippen LogP contribution < -0.4 is 0 Å². The minimum absolute atomic E-state index is 0.0271. The van der Waals surface area contributed by atoms with Crippen LogP contribution in [0.3, 0.4) is 0 Å². The number of halogens is 2. The summed E-state index contributed by atoms with van der Waals surface area (Å²) < 4.78 is 16.8. The molecule has 0 rings (SSSR count). The molecule has 114 valence electrons. The summed E-state index contributed by atoms with van der Waals surface area (Å²) in [6.07, 6.45) is 6.19. The van der Waals surface area contributed by atoms with E-state index in [1.165, 1.54) is 0 Å². The fraction of sp³-hybridized carbons (Fsp3) is 0.857. The molecule has 0 amide bonds. The van der Waals surface area contributed by atoms with Gasteiger partial charge in [-0.25, -0.2) is 0 Å². The number of rotatable bonds is 15. The number of hydrogen-bond donors (Lipinski definition) is 0. The Balaban J connectivity index is 3.66. The van der Waals surface area contributed by atoms with Crippen molar-refractivity contribution in [3.05, 3.63) is 12.7 Å². The van der Waals surface area contributed by atoms with Crippen LogP contribution in [0.5, 0.6) is 0 Å². The predicted molar refractivity (Wildman–Crippen MR) is 87.6 cm³/mol. The van der Waals surface area contributed by atoms with Gasteiger partial charge in [0.25, 0.3) is 0 Å². The zero-order valence-corrected chi connectivity index (χ0v) is 14.8. The van der Waals surface area contributed by atoms with Crippen molar-refractivity contribution in [3.63, 3.8) is 0 Å². The van der Waals surface area contributed by atoms with Gasteiger partial charge >= 0.3 is 0 Å². The Morgan fingerprint density at radius 1 is 0.895 bits per heavy atom. The molecule has 0 aliphatic heterocycles. The Kier molecular flexibility index (Phi) is 17.1. The first-order valence-electron chi connectivity index (χ1n) is 6.85. The van der Waals surface area contributed by atoms with Gasteiger partial charge in [-0.2, -0.15) is 0 Å². The third-order valence-corrected chi connectivity index (χ3v) is 3.52. The maximum Gasteiger partial charge on any atom is 0.104 e. The summed E-state index contributed by atoms with van der Waals surface area (Å²) in [5, 5.41) is 2.06. The molecular formula is C14H26Br2O3. The zero-order chi connectivity index (χ0) is 14.2. The molecule has 1 atom stereocenters. The van der Waals surface area contributed by atoms with E-state index >= 15 is 0 Å². The molecule has 0 aromatic carbocycles. The molecule has 0 aliphatic rings. The van der Waals surface area contributed by atoms with E-state index in [1.807, 2.05) is 0 Å². The molecule has 3 nitrogen and oxygen atoms in total. The van der Waals surface area contributed by atoms with Gasteiger partial charge in [-0.05, 0) is 25.7 Å². The van der Waals surface area contributed by atoms with Crippen molar-refractivity contribution in [2.24, 2.45) is 0 Å². The minimum Gasteiger partial charge on any atom is -0.379 e. The van der Waals surface area contributed by atoms with E-state index in [-0.39, 0.29) is 6.10 Å². The molecule has 0 fully saturated rings. The molecule has 1 unspecified atom stereocenters. The van der Waals surface area contributed by atoms with E-state index in [2.05, 4.69) is 38.4 Å². The Morgan fingerprint density at radius 3 is 2.16 bits per heavy atom. The number of unbranched alkanes of at least 4 members (excludes halogenated alkanes) is 2. The normalized spacial score (nSPS) is 12.5. The zero-order valence-electron chi connectivity index (χ0n) is 11.6. The van der Waals surface area contributed by atoms with Gasteiger partial charge in [0.05, 0.1) is 19.8 Å². The molecule has 0 aliphatic carbocycles. The average molecular weight is 402 g/mol. The van der Waals surface area contributed by atoms with Crippen molar-refractivity contribution in [2.75, 3.05) is 43.7 Å². The van der Waals surface area contributed by atoms with Crippen LogP contribution in [-0.4, -0.2) is 49.8 Å². The third kappa shape index (κ3) is 14.8. The molecule has 0 spiro atoms. The van der Waals surface area contributed by atoms with Gasteiger partial charge in [0, 0.05) is 23.9 Å². The first-order chi connectivity index (χ1) is 9.35. The van der Waals surface area contributed by atoms with Gasteiger partial charge in [0.1, 0.15) is 6.10 Å². The Hall–Kier alpha value is 0.580. The van der Waals surface area contributed by atoms with Crippen LogP contribution in [0.4, 0.5) is 0 Å². The summed E-state index contributed by atoms with van der Waals surface area (Å²) in [5.74, 6) is 0. The average Bonchev–Trinajstić information content (AvgIpc) is 2.42. The highest BCUT2D eigenvalue weighted by atomic mass is 79.9. The van der Waals surface area contributed by atoms with Crippen LogP contribution in [0.1, 0.15) is 25.7 Å². The molecule has 19 heavy (non-hydrogen) atoms. The van der Waals surface area contributed by atoms with Crippen LogP contribution in [0.15, 0.2) is 12.7 Å². The summed E-state index contributed by atoms with van der Waals surface area (Å²) >= 11 is 6.82. The van der Waals surface area contributed by atoms with E-state index in [0.29, 0.717) is 19.8 Å². The first kappa shape index (κ1) is 19.6. The van der Waals surface area contributed by atoms with Crippen molar-refractivity contribution in [1.29, 1.82) is 0 Å². The van der Waals surface area contributed by atoms with E-state index in [0.717, 1.165) is 49.6 Å². The minimum atomic E-state index is 0.0271. The van der Waals surface area contributed by atoms with Crippen LogP contribution >= 0.6 is 31.9 Å². The fourth-order valence-electron chi connectivity index (χ4n) is 1.39. The second kappa shape index (κ2) is 16.6. The lowest BCUT2D eigenvalue weighted by atomic mass is 10.3. The Labute approximate surface area is 134 Å².